The van der Waals surface area contributed by atoms with Crippen LogP contribution in [-0.4, -0.2) is 5.78 Å². The zero-order chi connectivity index (χ0) is 12.4. The lowest BCUT2D eigenvalue weighted by atomic mass is 10.1. The summed E-state index contributed by atoms with van der Waals surface area (Å²) in [5.41, 5.74) is 0.828. The van der Waals surface area contributed by atoms with E-state index in [9.17, 15) is 9.18 Å². The number of ketones is 1. The molecule has 0 aliphatic heterocycles. The summed E-state index contributed by atoms with van der Waals surface area (Å²) in [5.74, 6) is -0.226. The van der Waals surface area contributed by atoms with Gasteiger partial charge < -0.3 is 0 Å². The van der Waals surface area contributed by atoms with Crippen molar-refractivity contribution in [3.05, 3.63) is 55.9 Å². The van der Waals surface area contributed by atoms with Crippen molar-refractivity contribution >= 4 is 33.0 Å². The molecule has 0 unspecified atom stereocenters. The van der Waals surface area contributed by atoms with Crippen molar-refractivity contribution in [3.8, 4) is 0 Å². The molecule has 2 aromatic rings. The van der Waals surface area contributed by atoms with E-state index in [1.54, 1.807) is 12.1 Å². The number of benzene rings is 1. The molecular formula is C13H10BrFOS. The first kappa shape index (κ1) is 12.5. The summed E-state index contributed by atoms with van der Waals surface area (Å²) in [4.78, 5) is 13.8. The highest BCUT2D eigenvalue weighted by molar-refractivity contribution is 9.10. The fourth-order valence-corrected chi connectivity index (χ4v) is 3.34. The summed E-state index contributed by atoms with van der Waals surface area (Å²) in [6.45, 7) is 1.96. The summed E-state index contributed by atoms with van der Waals surface area (Å²) in [6.07, 6.45) is 0.304. The third-order valence-electron chi connectivity index (χ3n) is 2.34. The fraction of sp³-hybridized carbons (Fsp3) is 0.154. The van der Waals surface area contributed by atoms with Crippen molar-refractivity contribution in [2.24, 2.45) is 0 Å². The zero-order valence-corrected chi connectivity index (χ0v) is 11.6. The maximum atomic E-state index is 12.7. The molecule has 17 heavy (non-hydrogen) atoms. The molecule has 0 spiro atoms. The van der Waals surface area contributed by atoms with E-state index in [1.807, 2.05) is 13.0 Å². The zero-order valence-electron chi connectivity index (χ0n) is 9.17. The van der Waals surface area contributed by atoms with Gasteiger partial charge in [-0.3, -0.25) is 4.79 Å². The quantitative estimate of drug-likeness (QED) is 0.768. The minimum atomic E-state index is -0.283. The smallest absolute Gasteiger partial charge is 0.178 e. The van der Waals surface area contributed by atoms with Crippen LogP contribution in [0, 0.1) is 12.7 Å². The van der Waals surface area contributed by atoms with Crippen molar-refractivity contribution < 1.29 is 9.18 Å². The third kappa shape index (κ3) is 3.01. The van der Waals surface area contributed by atoms with Crippen LogP contribution < -0.4 is 0 Å². The minimum Gasteiger partial charge on any atom is -0.293 e. The van der Waals surface area contributed by atoms with E-state index < -0.39 is 0 Å². The van der Waals surface area contributed by atoms with Crippen LogP contribution >= 0.6 is 27.3 Å². The Labute approximate surface area is 111 Å². The van der Waals surface area contributed by atoms with Crippen LogP contribution in [0.3, 0.4) is 0 Å². The highest BCUT2D eigenvalue weighted by Crippen LogP contribution is 2.28. The molecule has 1 aromatic carbocycles. The number of rotatable bonds is 3. The van der Waals surface area contributed by atoms with Crippen LogP contribution in [0.25, 0.3) is 0 Å². The second kappa shape index (κ2) is 5.10. The minimum absolute atomic E-state index is 0.0570. The van der Waals surface area contributed by atoms with E-state index in [2.05, 4.69) is 15.9 Å². The van der Waals surface area contributed by atoms with Gasteiger partial charge in [0.25, 0.3) is 0 Å². The van der Waals surface area contributed by atoms with Gasteiger partial charge >= 0.3 is 0 Å². The van der Waals surface area contributed by atoms with Gasteiger partial charge in [-0.25, -0.2) is 4.39 Å². The van der Waals surface area contributed by atoms with E-state index >= 15 is 0 Å². The number of Topliss-reactive ketones (excluding diaryl/α,β-unsaturated/α-hetero) is 1. The Kier molecular flexibility index (Phi) is 3.74. The molecule has 0 aliphatic carbocycles. The van der Waals surface area contributed by atoms with Crippen LogP contribution in [0.1, 0.15) is 20.1 Å². The molecule has 0 fully saturated rings. The van der Waals surface area contributed by atoms with E-state index in [1.165, 1.54) is 23.5 Å². The van der Waals surface area contributed by atoms with Gasteiger partial charge in [0, 0.05) is 15.8 Å². The largest absolute Gasteiger partial charge is 0.293 e. The van der Waals surface area contributed by atoms with Crippen LogP contribution in [0.5, 0.6) is 0 Å². The Morgan fingerprint density at radius 2 is 2.00 bits per heavy atom. The number of thiophene rings is 1. The maximum absolute atomic E-state index is 12.7. The molecule has 0 amide bonds. The van der Waals surface area contributed by atoms with Crippen molar-refractivity contribution in [1.29, 1.82) is 0 Å². The molecule has 4 heteroatoms. The average Bonchev–Trinajstić information content (AvgIpc) is 2.61. The highest BCUT2D eigenvalue weighted by Gasteiger charge is 2.13. The van der Waals surface area contributed by atoms with E-state index in [-0.39, 0.29) is 11.6 Å². The van der Waals surface area contributed by atoms with Crippen molar-refractivity contribution in [3.63, 3.8) is 0 Å². The van der Waals surface area contributed by atoms with Crippen LogP contribution in [0.2, 0.25) is 0 Å². The van der Waals surface area contributed by atoms with E-state index in [0.717, 1.165) is 19.8 Å². The monoisotopic (exact) mass is 312 g/mol. The van der Waals surface area contributed by atoms with Crippen molar-refractivity contribution in [2.75, 3.05) is 0 Å². The normalized spacial score (nSPS) is 10.5. The number of halogens is 2. The van der Waals surface area contributed by atoms with Crippen molar-refractivity contribution in [1.82, 2.24) is 0 Å². The molecule has 0 N–H and O–H groups in total. The molecule has 0 saturated carbocycles. The second-order valence-electron chi connectivity index (χ2n) is 3.76. The first-order valence-electron chi connectivity index (χ1n) is 5.10. The molecule has 1 aromatic heterocycles. The standard InChI is InChI=1S/C13H10BrFOS/c1-8-6-11(14)13(17-8)12(16)7-9-2-4-10(15)5-3-9/h2-6H,7H2,1H3. The molecule has 0 atom stereocenters. The first-order chi connectivity index (χ1) is 8.06. The number of carbonyl (C=O) groups excluding carboxylic acids is 1. The third-order valence-corrected chi connectivity index (χ3v) is 4.32. The van der Waals surface area contributed by atoms with Crippen LogP contribution in [0.4, 0.5) is 4.39 Å². The molecule has 0 saturated heterocycles. The van der Waals surface area contributed by atoms with Crippen LogP contribution in [-0.2, 0) is 6.42 Å². The lowest BCUT2D eigenvalue weighted by molar-refractivity contribution is 0.0996. The molecule has 0 bridgehead atoms. The van der Waals surface area contributed by atoms with Gasteiger partial charge in [0.1, 0.15) is 5.82 Å². The number of carbonyl (C=O) groups is 1. The number of aryl methyl sites for hydroxylation is 1. The number of hydrogen-bond acceptors (Lipinski definition) is 2. The van der Waals surface area contributed by atoms with Gasteiger partial charge in [-0.2, -0.15) is 0 Å². The first-order valence-corrected chi connectivity index (χ1v) is 6.71. The average molecular weight is 313 g/mol. The lowest BCUT2D eigenvalue weighted by Crippen LogP contribution is -2.01. The summed E-state index contributed by atoms with van der Waals surface area (Å²) in [7, 11) is 0. The van der Waals surface area contributed by atoms with Gasteiger partial charge in [-0.15, -0.1) is 11.3 Å². The molecule has 1 nitrogen and oxygen atoms in total. The summed E-state index contributed by atoms with van der Waals surface area (Å²) < 4.78 is 13.6. The van der Waals surface area contributed by atoms with Gasteiger partial charge in [0.15, 0.2) is 5.78 Å². The van der Waals surface area contributed by atoms with Gasteiger partial charge in [0.05, 0.1) is 4.88 Å². The molecule has 0 aliphatic rings. The Bertz CT molecular complexity index is 545. The Balaban J connectivity index is 2.17. The van der Waals surface area contributed by atoms with Gasteiger partial charge in [-0.05, 0) is 46.6 Å². The molecular weight excluding hydrogens is 303 g/mol. The fourth-order valence-electron chi connectivity index (χ4n) is 1.54. The second-order valence-corrected chi connectivity index (χ2v) is 5.87. The predicted octanol–water partition coefficient (Wildman–Crippen LogP) is 4.38. The van der Waals surface area contributed by atoms with E-state index in [4.69, 9.17) is 0 Å². The molecule has 2 rings (SSSR count). The van der Waals surface area contributed by atoms with Crippen LogP contribution in [0.15, 0.2) is 34.8 Å². The Hall–Kier alpha value is -1.000. The lowest BCUT2D eigenvalue weighted by Gasteiger charge is -2.00. The predicted molar refractivity (Wildman–Crippen MR) is 71.2 cm³/mol. The highest BCUT2D eigenvalue weighted by atomic mass is 79.9. The topological polar surface area (TPSA) is 17.1 Å². The summed E-state index contributed by atoms with van der Waals surface area (Å²) in [6, 6.07) is 7.96. The Morgan fingerprint density at radius 3 is 2.53 bits per heavy atom. The molecule has 1 heterocycles. The summed E-state index contributed by atoms with van der Waals surface area (Å²) >= 11 is 4.85. The molecule has 0 radical (unpaired) electrons. The number of hydrogen-bond donors (Lipinski definition) is 0. The molecule has 88 valence electrons. The van der Waals surface area contributed by atoms with Crippen molar-refractivity contribution in [2.45, 2.75) is 13.3 Å². The Morgan fingerprint density at radius 1 is 1.35 bits per heavy atom. The van der Waals surface area contributed by atoms with E-state index in [0.29, 0.717) is 6.42 Å². The van der Waals surface area contributed by atoms with Gasteiger partial charge in [-0.1, -0.05) is 12.1 Å². The van der Waals surface area contributed by atoms with Gasteiger partial charge in [0.2, 0.25) is 0 Å². The maximum Gasteiger partial charge on any atom is 0.178 e. The summed E-state index contributed by atoms with van der Waals surface area (Å²) in [5, 5.41) is 0. The SMILES string of the molecule is Cc1cc(Br)c(C(=O)Cc2ccc(F)cc2)s1.